The number of hydrogen-bond acceptors (Lipinski definition) is 2. The van der Waals surface area contributed by atoms with Crippen molar-refractivity contribution in [3.05, 3.63) is 0 Å². The maximum absolute atomic E-state index is 4.66. The van der Waals surface area contributed by atoms with Gasteiger partial charge in [0, 0.05) is 0 Å². The first-order valence-electron chi connectivity index (χ1n) is 0.697. The van der Waals surface area contributed by atoms with E-state index in [1.54, 1.807) is 0 Å². The summed E-state index contributed by atoms with van der Waals surface area (Å²) in [5, 5.41) is 0. The molecule has 0 saturated heterocycles. The molecule has 0 radical (unpaired) electrons. The fourth-order valence-corrected chi connectivity index (χ4v) is 0. The average Bonchev–Trinajstić information content (AvgIpc) is 0.811. The Labute approximate surface area is 101 Å². The molecule has 0 saturated carbocycles. The third kappa shape index (κ3) is 22.8. The van der Waals surface area contributed by atoms with E-state index in [0.29, 0.717) is 0 Å². The van der Waals surface area contributed by atoms with E-state index in [0.717, 1.165) is 0 Å². The van der Waals surface area contributed by atoms with Gasteiger partial charge in [-0.3, -0.25) is 0 Å². The van der Waals surface area contributed by atoms with Gasteiger partial charge in [-0.15, -0.1) is 0 Å². The molecule has 0 aromatic heterocycles. The second-order valence-corrected chi connectivity index (χ2v) is 1.46. The number of hydrogen-bond donors (Lipinski definition) is 1. The molecule has 1 nitrogen and oxygen atoms in total. The van der Waals surface area contributed by atoms with E-state index in [1.807, 2.05) is 0 Å². The Bertz CT molecular complexity index is 32.6. The van der Waals surface area contributed by atoms with Crippen LogP contribution in [0.4, 0.5) is 0 Å². The minimum atomic E-state index is 0. The van der Waals surface area contributed by atoms with Crippen LogP contribution in [0, 0.1) is 0 Å². The maximum atomic E-state index is 4.66. The summed E-state index contributed by atoms with van der Waals surface area (Å²) in [5.74, 6) is 0. The molecular weight excluding hydrogens is 223 g/mol. The Morgan fingerprint density at radius 2 is 1.80 bits per heavy atom. The summed E-state index contributed by atoms with van der Waals surface area (Å²) in [6.45, 7) is 0. The molecule has 0 amide bonds. The van der Waals surface area contributed by atoms with Gasteiger partial charge in [0.2, 0.25) is 0 Å². The number of thiocarbonyl (C=S) groups is 1. The molecule has 0 aliphatic heterocycles. The van der Waals surface area contributed by atoms with Gasteiger partial charge in [-0.05, 0) is 0 Å². The van der Waals surface area contributed by atoms with E-state index >= 15 is 0 Å². The summed E-state index contributed by atoms with van der Waals surface area (Å²) >= 11 is 8.26. The van der Waals surface area contributed by atoms with Gasteiger partial charge in [-0.25, -0.2) is 0 Å². The first-order valence-corrected chi connectivity index (χ1v) is 1.51. The van der Waals surface area contributed by atoms with Crippen molar-refractivity contribution in [2.75, 3.05) is 0 Å². The molecule has 0 fully saturated rings. The summed E-state index contributed by atoms with van der Waals surface area (Å²) in [6.07, 6.45) is 0. The van der Waals surface area contributed by atoms with E-state index in [4.69, 9.17) is 0 Å². The molecule has 0 aromatic rings. The quantitative estimate of drug-likeness (QED) is 0.347. The van der Waals surface area contributed by atoms with E-state index in [9.17, 15) is 0 Å². The molecule has 0 rings (SSSR count). The Hall–Kier alpha value is 2.16. The van der Waals surface area contributed by atoms with Crippen LogP contribution >= 0.6 is 12.2 Å². The summed E-state index contributed by atoms with van der Waals surface area (Å²) in [5.41, 5.74) is 4.66. The van der Waals surface area contributed by atoms with Crippen molar-refractivity contribution in [1.82, 2.24) is 0 Å². The molecule has 24 valence electrons. The third-order valence-corrected chi connectivity index (χ3v) is 0. The Morgan fingerprint density at radius 1 is 1.80 bits per heavy atom. The van der Waals surface area contributed by atoms with Crippen LogP contribution in [-0.2, 0) is 12.6 Å². The number of nitrogens with two attached hydrogens (primary N) is 1. The molecule has 5 heavy (non-hydrogen) atoms. The van der Waals surface area contributed by atoms with Crippen LogP contribution in [0.15, 0.2) is 0 Å². The summed E-state index contributed by atoms with van der Waals surface area (Å²) in [6, 6.07) is 0. The number of rotatable bonds is 0. The van der Waals surface area contributed by atoms with Gasteiger partial charge in [-0.2, -0.15) is 0 Å². The zero-order chi connectivity index (χ0) is 3.58. The SMILES string of the molecule is NC(=S)[S-].[Cs+]. The van der Waals surface area contributed by atoms with E-state index in [-0.39, 0.29) is 73.2 Å². The van der Waals surface area contributed by atoms with Crippen molar-refractivity contribution < 1.29 is 68.9 Å². The predicted octanol–water partition coefficient (Wildman–Crippen LogP) is -3.22. The zero-order valence-electron chi connectivity index (χ0n) is 2.89. The van der Waals surface area contributed by atoms with Crippen molar-refractivity contribution in [3.63, 3.8) is 0 Å². The fourth-order valence-electron chi connectivity index (χ4n) is 0. The molecule has 0 aliphatic carbocycles. The Morgan fingerprint density at radius 3 is 1.80 bits per heavy atom. The van der Waals surface area contributed by atoms with Crippen molar-refractivity contribution in [1.29, 1.82) is 0 Å². The monoisotopic (exact) mass is 225 g/mol. The van der Waals surface area contributed by atoms with Crippen LogP contribution in [0.1, 0.15) is 0 Å². The molecule has 0 heterocycles. The Balaban J connectivity index is 0. The van der Waals surface area contributed by atoms with Gasteiger partial charge >= 0.3 is 68.9 Å². The minimum Gasteiger partial charge on any atom is -0.415 e. The average molecular weight is 225 g/mol. The summed E-state index contributed by atoms with van der Waals surface area (Å²) in [7, 11) is 0. The van der Waals surface area contributed by atoms with Gasteiger partial charge in [0.1, 0.15) is 0 Å². The molecule has 0 unspecified atom stereocenters. The van der Waals surface area contributed by atoms with Crippen molar-refractivity contribution >= 4 is 29.2 Å². The second kappa shape index (κ2) is 6.16. The van der Waals surface area contributed by atoms with Crippen molar-refractivity contribution in [2.24, 2.45) is 5.73 Å². The second-order valence-electron chi connectivity index (χ2n) is 0.319. The largest absolute Gasteiger partial charge is 1.00 e. The Kier molecular flexibility index (Phi) is 12.6. The summed E-state index contributed by atoms with van der Waals surface area (Å²) in [4.78, 5) is 0. The minimum absolute atomic E-state index is 0. The molecule has 0 aliphatic rings. The van der Waals surface area contributed by atoms with Crippen LogP contribution in [0.2, 0.25) is 0 Å². The molecule has 2 N–H and O–H groups in total. The standard InChI is InChI=1S/CH3NS2.Cs/c2-1(3)4;/h(H3,2,3,4);/q;+1/p-1. The van der Waals surface area contributed by atoms with Crippen LogP contribution in [0.25, 0.3) is 0 Å². The van der Waals surface area contributed by atoms with Gasteiger partial charge in [0.25, 0.3) is 0 Å². The van der Waals surface area contributed by atoms with Crippen molar-refractivity contribution in [2.45, 2.75) is 0 Å². The van der Waals surface area contributed by atoms with E-state index < -0.39 is 0 Å². The topological polar surface area (TPSA) is 26.0 Å². The van der Waals surface area contributed by atoms with Gasteiger partial charge in [0.05, 0.1) is 0 Å². The normalized spacial score (nSPS) is 4.80. The van der Waals surface area contributed by atoms with Crippen LogP contribution < -0.4 is 74.6 Å². The molecule has 0 spiro atoms. The van der Waals surface area contributed by atoms with E-state index in [2.05, 4.69) is 30.6 Å². The first-order chi connectivity index (χ1) is 1.73. The fraction of sp³-hybridized carbons (Fsp3) is 0. The molecule has 0 atom stereocenters. The molecule has 4 heteroatoms. The van der Waals surface area contributed by atoms with Crippen LogP contribution in [0.5, 0.6) is 0 Å². The molecule has 0 bridgehead atoms. The zero-order valence-corrected chi connectivity index (χ0v) is 10.8. The van der Waals surface area contributed by atoms with Gasteiger partial charge in [0.15, 0.2) is 0 Å². The molecule has 0 aromatic carbocycles. The predicted molar refractivity (Wildman–Crippen MR) is 24.2 cm³/mol. The smallest absolute Gasteiger partial charge is 0.415 e. The van der Waals surface area contributed by atoms with Gasteiger partial charge < -0.3 is 30.6 Å². The first kappa shape index (κ1) is 10.2. The molecular formula is CH2CsNS2. The third-order valence-electron chi connectivity index (χ3n) is 0. The van der Waals surface area contributed by atoms with E-state index in [1.165, 1.54) is 0 Å². The van der Waals surface area contributed by atoms with Gasteiger partial charge in [-0.1, -0.05) is 4.32 Å². The van der Waals surface area contributed by atoms with Crippen LogP contribution in [0.3, 0.4) is 0 Å². The van der Waals surface area contributed by atoms with Crippen LogP contribution in [-0.4, -0.2) is 4.32 Å². The summed E-state index contributed by atoms with van der Waals surface area (Å²) < 4.78 is 0.0833. The maximum Gasteiger partial charge on any atom is 1.00 e. The van der Waals surface area contributed by atoms with Crippen molar-refractivity contribution in [3.8, 4) is 0 Å².